The number of ether oxygens (including phenoxy) is 1. The Hall–Kier alpha value is -1.69. The van der Waals surface area contributed by atoms with Crippen LogP contribution < -0.4 is 10.6 Å². The molecule has 0 bridgehead atoms. The lowest BCUT2D eigenvalue weighted by Crippen LogP contribution is -2.40. The number of aryl methyl sites for hydroxylation is 1. The van der Waals surface area contributed by atoms with E-state index in [9.17, 15) is 4.79 Å². The lowest BCUT2D eigenvalue weighted by atomic mass is 9.97. The number of rotatable bonds is 3. The van der Waals surface area contributed by atoms with Crippen molar-refractivity contribution in [1.82, 2.24) is 4.98 Å². The van der Waals surface area contributed by atoms with E-state index < -0.39 is 0 Å². The molecule has 1 aromatic heterocycles. The molecule has 0 spiro atoms. The van der Waals surface area contributed by atoms with Crippen LogP contribution in [0.25, 0.3) is 0 Å². The van der Waals surface area contributed by atoms with Crippen molar-refractivity contribution in [3.63, 3.8) is 0 Å². The Morgan fingerprint density at radius 2 is 2.35 bits per heavy atom. The van der Waals surface area contributed by atoms with Crippen LogP contribution in [0, 0.1) is 12.8 Å². The van der Waals surface area contributed by atoms with Crippen molar-refractivity contribution in [3.05, 3.63) is 23.4 Å². The molecule has 108 valence electrons. The lowest BCUT2D eigenvalue weighted by Gasteiger charge is -2.33. The van der Waals surface area contributed by atoms with Gasteiger partial charge in [-0.2, -0.15) is 0 Å². The third-order valence-electron chi connectivity index (χ3n) is 3.64. The molecule has 1 aliphatic rings. The number of pyridine rings is 1. The monoisotopic (exact) mass is 293 g/mol. The summed E-state index contributed by atoms with van der Waals surface area (Å²) in [5.74, 6) is 0.487. The van der Waals surface area contributed by atoms with Gasteiger partial charge in [0.05, 0.1) is 18.6 Å². The van der Waals surface area contributed by atoms with Crippen molar-refractivity contribution in [2.24, 2.45) is 11.7 Å². The molecule has 1 aliphatic heterocycles. The van der Waals surface area contributed by atoms with Crippen molar-refractivity contribution in [1.29, 1.82) is 0 Å². The maximum atomic E-state index is 11.7. The van der Waals surface area contributed by atoms with Crippen LogP contribution in [0.2, 0.25) is 0 Å². The van der Waals surface area contributed by atoms with E-state index in [0.29, 0.717) is 11.5 Å². The second-order valence-electron chi connectivity index (χ2n) is 5.00. The predicted octanol–water partition coefficient (Wildman–Crippen LogP) is 1.41. The first-order valence-corrected chi connectivity index (χ1v) is 7.03. The van der Waals surface area contributed by atoms with Crippen LogP contribution in [0.3, 0.4) is 0 Å². The first kappa shape index (κ1) is 14.7. The molecule has 1 fully saturated rings. The average molecular weight is 293 g/mol. The number of carbonyl (C=O) groups is 1. The number of thiocarbonyl (C=S) groups is 1. The highest BCUT2D eigenvalue weighted by Crippen LogP contribution is 2.26. The van der Waals surface area contributed by atoms with Crippen LogP contribution in [0.4, 0.5) is 5.82 Å². The van der Waals surface area contributed by atoms with E-state index in [-0.39, 0.29) is 11.9 Å². The van der Waals surface area contributed by atoms with E-state index in [1.807, 2.05) is 13.0 Å². The molecular weight excluding hydrogens is 274 g/mol. The van der Waals surface area contributed by atoms with Crippen LogP contribution in [0.5, 0.6) is 0 Å². The number of methoxy groups -OCH3 is 1. The van der Waals surface area contributed by atoms with Crippen LogP contribution in [-0.4, -0.2) is 36.1 Å². The van der Waals surface area contributed by atoms with Gasteiger partial charge in [0, 0.05) is 19.3 Å². The van der Waals surface area contributed by atoms with Gasteiger partial charge < -0.3 is 15.4 Å². The molecular formula is C14H19N3O2S. The zero-order valence-electron chi connectivity index (χ0n) is 11.8. The van der Waals surface area contributed by atoms with E-state index in [1.165, 1.54) is 7.11 Å². The molecule has 6 heteroatoms. The maximum Gasteiger partial charge on any atom is 0.310 e. The van der Waals surface area contributed by atoms with E-state index in [0.717, 1.165) is 36.3 Å². The quantitative estimate of drug-likeness (QED) is 0.671. The van der Waals surface area contributed by atoms with Gasteiger partial charge in [-0.25, -0.2) is 4.98 Å². The minimum absolute atomic E-state index is 0.116. The van der Waals surface area contributed by atoms with E-state index in [4.69, 9.17) is 22.7 Å². The first-order valence-electron chi connectivity index (χ1n) is 6.62. The number of esters is 1. The molecule has 2 N–H and O–H groups in total. The van der Waals surface area contributed by atoms with Crippen LogP contribution >= 0.6 is 12.2 Å². The zero-order valence-corrected chi connectivity index (χ0v) is 12.6. The third-order valence-corrected chi connectivity index (χ3v) is 3.85. The van der Waals surface area contributed by atoms with Crippen molar-refractivity contribution in [2.75, 3.05) is 25.1 Å². The SMILES string of the molecule is COC(=O)C1CCCN(c2nccc(C)c2C(N)=S)C1. The fourth-order valence-corrected chi connectivity index (χ4v) is 2.87. The fourth-order valence-electron chi connectivity index (χ4n) is 2.62. The Balaban J connectivity index is 2.30. The Morgan fingerprint density at radius 1 is 1.60 bits per heavy atom. The molecule has 0 aliphatic carbocycles. The van der Waals surface area contributed by atoms with Crippen LogP contribution in [0.15, 0.2) is 12.3 Å². The summed E-state index contributed by atoms with van der Waals surface area (Å²) in [7, 11) is 1.42. The molecule has 0 aromatic carbocycles. The predicted molar refractivity (Wildman–Crippen MR) is 81.8 cm³/mol. The largest absolute Gasteiger partial charge is 0.469 e. The van der Waals surface area contributed by atoms with E-state index in [2.05, 4.69) is 9.88 Å². The van der Waals surface area contributed by atoms with Crippen molar-refractivity contribution in [3.8, 4) is 0 Å². The summed E-state index contributed by atoms with van der Waals surface area (Å²) >= 11 is 5.13. The zero-order chi connectivity index (χ0) is 14.7. The average Bonchev–Trinajstić information content (AvgIpc) is 2.45. The number of nitrogens with two attached hydrogens (primary N) is 1. The van der Waals surface area contributed by atoms with Gasteiger partial charge in [-0.3, -0.25) is 4.79 Å². The normalized spacial score (nSPS) is 18.7. The Labute approximate surface area is 124 Å². The van der Waals surface area contributed by atoms with Crippen LogP contribution in [0.1, 0.15) is 24.0 Å². The number of aromatic nitrogens is 1. The second kappa shape index (κ2) is 6.17. The maximum absolute atomic E-state index is 11.7. The number of anilines is 1. The van der Waals surface area contributed by atoms with Gasteiger partial charge in [-0.15, -0.1) is 0 Å². The number of carbonyl (C=O) groups excluding carboxylic acids is 1. The van der Waals surface area contributed by atoms with E-state index >= 15 is 0 Å². The summed E-state index contributed by atoms with van der Waals surface area (Å²) < 4.78 is 4.84. The van der Waals surface area contributed by atoms with Gasteiger partial charge in [0.2, 0.25) is 0 Å². The van der Waals surface area contributed by atoms with E-state index in [1.54, 1.807) is 6.20 Å². The first-order chi connectivity index (χ1) is 9.54. The van der Waals surface area contributed by atoms with Crippen molar-refractivity contribution in [2.45, 2.75) is 19.8 Å². The van der Waals surface area contributed by atoms with Gasteiger partial charge in [-0.1, -0.05) is 12.2 Å². The van der Waals surface area contributed by atoms with Crippen molar-refractivity contribution >= 4 is 29.0 Å². The Kier molecular flexibility index (Phi) is 4.54. The molecule has 1 aromatic rings. The molecule has 1 unspecified atom stereocenters. The second-order valence-corrected chi connectivity index (χ2v) is 5.44. The Morgan fingerprint density at radius 3 is 3.00 bits per heavy atom. The molecule has 0 saturated carbocycles. The number of nitrogens with zero attached hydrogens (tertiary/aromatic N) is 2. The summed E-state index contributed by atoms with van der Waals surface area (Å²) in [6, 6.07) is 1.89. The highest BCUT2D eigenvalue weighted by atomic mass is 32.1. The number of hydrogen-bond acceptors (Lipinski definition) is 5. The molecule has 20 heavy (non-hydrogen) atoms. The summed E-state index contributed by atoms with van der Waals surface area (Å²) in [5, 5.41) is 0. The Bertz CT molecular complexity index is 533. The number of hydrogen-bond donors (Lipinski definition) is 1. The molecule has 5 nitrogen and oxygen atoms in total. The van der Waals surface area contributed by atoms with Gasteiger partial charge in [-0.05, 0) is 31.4 Å². The summed E-state index contributed by atoms with van der Waals surface area (Å²) in [6.45, 7) is 3.40. The summed E-state index contributed by atoms with van der Waals surface area (Å²) in [6.07, 6.45) is 3.51. The standard InChI is InChI=1S/C14H19N3O2S/c1-9-5-6-16-13(11(9)12(15)20)17-7-3-4-10(8-17)14(18)19-2/h5-6,10H,3-4,7-8H2,1-2H3,(H2,15,20). The molecule has 2 rings (SSSR count). The van der Waals surface area contributed by atoms with Gasteiger partial charge >= 0.3 is 5.97 Å². The lowest BCUT2D eigenvalue weighted by molar-refractivity contribution is -0.145. The van der Waals surface area contributed by atoms with Gasteiger partial charge in [0.15, 0.2) is 0 Å². The highest BCUT2D eigenvalue weighted by Gasteiger charge is 2.28. The van der Waals surface area contributed by atoms with Gasteiger partial charge in [0.25, 0.3) is 0 Å². The minimum atomic E-state index is -0.167. The van der Waals surface area contributed by atoms with Crippen molar-refractivity contribution < 1.29 is 9.53 Å². The minimum Gasteiger partial charge on any atom is -0.469 e. The smallest absolute Gasteiger partial charge is 0.310 e. The molecule has 2 heterocycles. The van der Waals surface area contributed by atoms with Crippen LogP contribution in [-0.2, 0) is 9.53 Å². The molecule has 1 atom stereocenters. The molecule has 0 amide bonds. The molecule has 0 radical (unpaired) electrons. The third kappa shape index (κ3) is 2.90. The summed E-state index contributed by atoms with van der Waals surface area (Å²) in [5.41, 5.74) is 7.62. The molecule has 1 saturated heterocycles. The fraction of sp³-hybridized carbons (Fsp3) is 0.500. The number of piperidine rings is 1. The highest BCUT2D eigenvalue weighted by molar-refractivity contribution is 7.80. The topological polar surface area (TPSA) is 68.5 Å². The summed E-state index contributed by atoms with van der Waals surface area (Å²) in [4.78, 5) is 18.5. The van der Waals surface area contributed by atoms with Gasteiger partial charge in [0.1, 0.15) is 10.8 Å².